The maximum atomic E-state index is 12.3. The Bertz CT molecular complexity index is 997. The van der Waals surface area contributed by atoms with Crippen LogP contribution in [0.5, 0.6) is 0 Å². The van der Waals surface area contributed by atoms with Gasteiger partial charge in [-0.15, -0.1) is 0 Å². The molecular weight excluding hydrogens is 322 g/mol. The monoisotopic (exact) mass is 339 g/mol. The molecule has 0 atom stereocenters. The largest absolute Gasteiger partial charge is 0.452 e. The van der Waals surface area contributed by atoms with E-state index in [0.29, 0.717) is 27.7 Å². The molecule has 25 heavy (non-hydrogen) atoms. The summed E-state index contributed by atoms with van der Waals surface area (Å²) in [7, 11) is 0. The molecule has 7 heteroatoms. The van der Waals surface area contributed by atoms with Crippen LogP contribution < -0.4 is 0 Å². The summed E-state index contributed by atoms with van der Waals surface area (Å²) in [5.74, 6) is -1.20. The van der Waals surface area contributed by atoms with Gasteiger partial charge in [0.25, 0.3) is 0 Å². The van der Waals surface area contributed by atoms with Crippen LogP contribution in [0.2, 0.25) is 0 Å². The zero-order chi connectivity index (χ0) is 18.1. The number of fused-ring (bicyclic) bond motifs is 1. The number of carbonyl (C=O) groups excluding carboxylic acids is 3. The van der Waals surface area contributed by atoms with E-state index in [0.717, 1.165) is 0 Å². The van der Waals surface area contributed by atoms with Crippen LogP contribution in [0.3, 0.4) is 0 Å². The molecule has 0 unspecified atom stereocenters. The number of Topliss-reactive ketones (excluding diaryl/α,β-unsaturated/α-hetero) is 2. The van der Waals surface area contributed by atoms with Crippen molar-refractivity contribution in [1.29, 1.82) is 0 Å². The molecule has 0 aliphatic rings. The third-order valence-corrected chi connectivity index (χ3v) is 4.07. The van der Waals surface area contributed by atoms with Crippen LogP contribution in [0.4, 0.5) is 0 Å². The molecule has 2 aromatic heterocycles. The summed E-state index contributed by atoms with van der Waals surface area (Å²) in [5.41, 5.74) is 2.81. The molecule has 3 aromatic rings. The minimum absolute atomic E-state index is 0.120. The van der Waals surface area contributed by atoms with Crippen LogP contribution in [0.15, 0.2) is 24.3 Å². The van der Waals surface area contributed by atoms with E-state index in [1.807, 2.05) is 6.07 Å². The minimum atomic E-state index is -0.682. The highest BCUT2D eigenvalue weighted by atomic mass is 16.5. The number of carbonyl (C=O) groups is 3. The topological polar surface area (TPSA) is 105 Å². The number of hydrogen-bond donors (Lipinski definition) is 2. The fourth-order valence-corrected chi connectivity index (χ4v) is 2.95. The van der Waals surface area contributed by atoms with Crippen molar-refractivity contribution in [2.24, 2.45) is 0 Å². The third-order valence-electron chi connectivity index (χ3n) is 4.07. The number of esters is 1. The molecule has 0 saturated heterocycles. The molecule has 0 amide bonds. The van der Waals surface area contributed by atoms with Gasteiger partial charge in [-0.05, 0) is 32.4 Å². The Hall–Kier alpha value is -3.22. The predicted molar refractivity (Wildman–Crippen MR) is 91.0 cm³/mol. The number of hydrogen-bond acceptors (Lipinski definition) is 5. The maximum Gasteiger partial charge on any atom is 0.359 e. The third kappa shape index (κ3) is 2.96. The highest BCUT2D eigenvalue weighted by molar-refractivity contribution is 6.06. The molecule has 0 saturated carbocycles. The van der Waals surface area contributed by atoms with Crippen molar-refractivity contribution >= 4 is 28.4 Å². The average molecular weight is 339 g/mol. The molecule has 2 heterocycles. The summed E-state index contributed by atoms with van der Waals surface area (Å²) in [6.45, 7) is 4.43. The zero-order valence-electron chi connectivity index (χ0n) is 14.1. The number of aromatic amines is 2. The molecule has 0 aliphatic heterocycles. The van der Waals surface area contributed by atoms with Gasteiger partial charge in [0.15, 0.2) is 18.1 Å². The normalized spacial score (nSPS) is 10.8. The maximum absolute atomic E-state index is 12.3. The molecule has 3 rings (SSSR count). The van der Waals surface area contributed by atoms with Crippen LogP contribution >= 0.6 is 0 Å². The smallest absolute Gasteiger partial charge is 0.359 e. The number of H-pyrrole nitrogens is 2. The van der Waals surface area contributed by atoms with Crippen molar-refractivity contribution in [2.45, 2.75) is 20.8 Å². The highest BCUT2D eigenvalue weighted by Gasteiger charge is 2.22. The predicted octanol–water partition coefficient (Wildman–Crippen LogP) is 2.75. The van der Waals surface area contributed by atoms with E-state index >= 15 is 0 Å². The number of para-hydroxylation sites is 1. The lowest BCUT2D eigenvalue weighted by Gasteiger charge is -2.03. The quantitative estimate of drug-likeness (QED) is 0.549. The standard InChI is InChI=1S/C18H17N3O4/c1-9-15(11(3)22)10(2)19-16(9)14(23)8-25-18(24)17-12-6-4-5-7-13(12)20-21-17/h4-7,19H,8H2,1-3H3,(H,20,21). The van der Waals surface area contributed by atoms with Crippen LogP contribution in [-0.2, 0) is 4.74 Å². The lowest BCUT2D eigenvalue weighted by atomic mass is 10.1. The number of ether oxygens (including phenoxy) is 1. The number of aryl methyl sites for hydroxylation is 1. The second kappa shape index (κ2) is 6.35. The van der Waals surface area contributed by atoms with Gasteiger partial charge in [0.2, 0.25) is 5.78 Å². The Labute approximate surface area is 143 Å². The number of nitrogens with one attached hydrogen (secondary N) is 2. The first kappa shape index (κ1) is 16.6. The average Bonchev–Trinajstić information content (AvgIpc) is 3.13. The van der Waals surface area contributed by atoms with Crippen LogP contribution in [0, 0.1) is 13.8 Å². The number of rotatable bonds is 5. The number of nitrogens with zero attached hydrogens (tertiary/aromatic N) is 1. The van der Waals surface area contributed by atoms with Crippen molar-refractivity contribution in [1.82, 2.24) is 15.2 Å². The lowest BCUT2D eigenvalue weighted by molar-refractivity contribution is 0.0469. The van der Waals surface area contributed by atoms with Gasteiger partial charge in [-0.3, -0.25) is 14.7 Å². The Morgan fingerprint density at radius 2 is 1.88 bits per heavy atom. The van der Waals surface area contributed by atoms with E-state index in [1.54, 1.807) is 32.0 Å². The molecule has 7 nitrogen and oxygen atoms in total. The van der Waals surface area contributed by atoms with Crippen molar-refractivity contribution in [3.05, 3.63) is 52.5 Å². The second-order valence-electron chi connectivity index (χ2n) is 5.80. The molecule has 0 radical (unpaired) electrons. The van der Waals surface area contributed by atoms with Gasteiger partial charge in [-0.1, -0.05) is 18.2 Å². The van der Waals surface area contributed by atoms with Crippen molar-refractivity contribution < 1.29 is 19.1 Å². The zero-order valence-corrected chi connectivity index (χ0v) is 14.1. The molecule has 1 aromatic carbocycles. The van der Waals surface area contributed by atoms with Crippen molar-refractivity contribution in [3.8, 4) is 0 Å². The molecule has 0 aliphatic carbocycles. The van der Waals surface area contributed by atoms with Gasteiger partial charge in [-0.2, -0.15) is 5.10 Å². The van der Waals surface area contributed by atoms with E-state index in [4.69, 9.17) is 4.74 Å². The van der Waals surface area contributed by atoms with Crippen molar-refractivity contribution in [3.63, 3.8) is 0 Å². The SMILES string of the molecule is CC(=O)c1c(C)[nH]c(C(=O)COC(=O)c2n[nH]c3ccccc23)c1C. The fourth-order valence-electron chi connectivity index (χ4n) is 2.95. The first-order valence-corrected chi connectivity index (χ1v) is 7.73. The minimum Gasteiger partial charge on any atom is -0.452 e. The van der Waals surface area contributed by atoms with Gasteiger partial charge in [0.1, 0.15) is 0 Å². The van der Waals surface area contributed by atoms with Gasteiger partial charge >= 0.3 is 5.97 Å². The van der Waals surface area contributed by atoms with E-state index < -0.39 is 18.4 Å². The summed E-state index contributed by atoms with van der Waals surface area (Å²) >= 11 is 0. The van der Waals surface area contributed by atoms with Crippen LogP contribution in [0.25, 0.3) is 10.9 Å². The van der Waals surface area contributed by atoms with Gasteiger partial charge in [0, 0.05) is 16.6 Å². The van der Waals surface area contributed by atoms with Gasteiger partial charge in [-0.25, -0.2) is 4.79 Å². The Morgan fingerprint density at radius 3 is 2.56 bits per heavy atom. The molecule has 128 valence electrons. The molecule has 0 spiro atoms. The Kier molecular flexibility index (Phi) is 4.22. The van der Waals surface area contributed by atoms with E-state index in [9.17, 15) is 14.4 Å². The highest BCUT2D eigenvalue weighted by Crippen LogP contribution is 2.20. The Balaban J connectivity index is 1.75. The van der Waals surface area contributed by atoms with Gasteiger partial charge in [0.05, 0.1) is 11.2 Å². The molecule has 2 N–H and O–H groups in total. The first-order chi connectivity index (χ1) is 11.9. The van der Waals surface area contributed by atoms with E-state index in [1.165, 1.54) is 6.92 Å². The van der Waals surface area contributed by atoms with Crippen LogP contribution in [-0.4, -0.2) is 39.3 Å². The molecule has 0 fully saturated rings. The van der Waals surface area contributed by atoms with Gasteiger partial charge < -0.3 is 9.72 Å². The summed E-state index contributed by atoms with van der Waals surface area (Å²) in [5, 5.41) is 7.31. The summed E-state index contributed by atoms with van der Waals surface area (Å²) in [6.07, 6.45) is 0. The van der Waals surface area contributed by atoms with E-state index in [2.05, 4.69) is 15.2 Å². The summed E-state index contributed by atoms with van der Waals surface area (Å²) in [4.78, 5) is 39.1. The molecule has 0 bridgehead atoms. The summed E-state index contributed by atoms with van der Waals surface area (Å²) in [6, 6.07) is 7.14. The number of ketones is 2. The van der Waals surface area contributed by atoms with E-state index in [-0.39, 0.29) is 17.2 Å². The number of aromatic nitrogens is 3. The first-order valence-electron chi connectivity index (χ1n) is 7.73. The Morgan fingerprint density at radius 1 is 1.16 bits per heavy atom. The number of benzene rings is 1. The second-order valence-corrected chi connectivity index (χ2v) is 5.80. The van der Waals surface area contributed by atoms with Crippen molar-refractivity contribution in [2.75, 3.05) is 6.61 Å². The summed E-state index contributed by atoms with van der Waals surface area (Å²) < 4.78 is 5.10. The lowest BCUT2D eigenvalue weighted by Crippen LogP contribution is -2.16. The fraction of sp³-hybridized carbons (Fsp3) is 0.222. The van der Waals surface area contributed by atoms with Crippen LogP contribution in [0.1, 0.15) is 49.5 Å². The molecular formula is C18H17N3O4.